The van der Waals surface area contributed by atoms with Gasteiger partial charge in [-0.1, -0.05) is 30.7 Å². The molecule has 0 fully saturated rings. The maximum Gasteiger partial charge on any atom is 0.265 e. The number of hydrogen-bond acceptors (Lipinski definition) is 2. The second kappa shape index (κ2) is 5.58. The molecule has 1 aromatic heterocycles. The second-order valence-corrected chi connectivity index (χ2v) is 6.88. The van der Waals surface area contributed by atoms with Crippen molar-refractivity contribution in [2.75, 3.05) is 5.32 Å². The Morgan fingerprint density at radius 3 is 3.00 bits per heavy atom. The topological polar surface area (TPSA) is 29.1 Å². The minimum atomic E-state index is -0.0647. The summed E-state index contributed by atoms with van der Waals surface area (Å²) in [5.41, 5.74) is 2.01. The molecule has 3 rings (SSSR count). The summed E-state index contributed by atoms with van der Waals surface area (Å²) in [6.45, 7) is 2.27. The van der Waals surface area contributed by atoms with Crippen molar-refractivity contribution in [1.82, 2.24) is 0 Å². The largest absolute Gasteiger partial charge is 0.320 e. The average molecular weight is 306 g/mol. The molecule has 1 N–H and O–H groups in total. The van der Waals surface area contributed by atoms with E-state index >= 15 is 0 Å². The molecule has 2 aromatic rings. The van der Waals surface area contributed by atoms with Crippen LogP contribution in [0.1, 0.15) is 33.5 Å². The molecule has 0 spiro atoms. The van der Waals surface area contributed by atoms with E-state index in [1.807, 2.05) is 24.3 Å². The second-order valence-electron chi connectivity index (χ2n) is 5.34. The van der Waals surface area contributed by atoms with Crippen LogP contribution in [0, 0.1) is 5.92 Å². The Kier molecular flexibility index (Phi) is 3.81. The van der Waals surface area contributed by atoms with Crippen LogP contribution < -0.4 is 5.32 Å². The lowest BCUT2D eigenvalue weighted by Crippen LogP contribution is -2.10. The summed E-state index contributed by atoms with van der Waals surface area (Å²) in [6.07, 6.45) is 3.41. The third-order valence-corrected chi connectivity index (χ3v) is 5.24. The van der Waals surface area contributed by atoms with Crippen molar-refractivity contribution < 1.29 is 4.79 Å². The summed E-state index contributed by atoms with van der Waals surface area (Å²) in [5, 5.41) is 3.45. The maximum atomic E-state index is 12.3. The summed E-state index contributed by atoms with van der Waals surface area (Å²) >= 11 is 7.68. The Morgan fingerprint density at radius 2 is 2.20 bits per heavy atom. The van der Waals surface area contributed by atoms with Gasteiger partial charge in [-0.25, -0.2) is 0 Å². The highest BCUT2D eigenvalue weighted by Gasteiger charge is 2.20. The number of carbonyl (C=O) groups is 1. The van der Waals surface area contributed by atoms with E-state index in [1.54, 1.807) is 17.4 Å². The number of anilines is 1. The van der Waals surface area contributed by atoms with Crippen LogP contribution in [0.4, 0.5) is 5.69 Å². The molecule has 2 nitrogen and oxygen atoms in total. The lowest BCUT2D eigenvalue weighted by Gasteiger charge is -2.16. The van der Waals surface area contributed by atoms with Gasteiger partial charge in [-0.15, -0.1) is 11.3 Å². The summed E-state index contributed by atoms with van der Waals surface area (Å²) in [6, 6.07) is 9.35. The predicted molar refractivity (Wildman–Crippen MR) is 84.9 cm³/mol. The fourth-order valence-electron chi connectivity index (χ4n) is 2.56. The summed E-state index contributed by atoms with van der Waals surface area (Å²) in [5.74, 6) is 0.654. The van der Waals surface area contributed by atoms with Crippen LogP contribution in [0.3, 0.4) is 0 Å². The lowest BCUT2D eigenvalue weighted by atomic mass is 9.90. The van der Waals surface area contributed by atoms with Crippen LogP contribution in [0.15, 0.2) is 30.3 Å². The first kappa shape index (κ1) is 13.7. The summed E-state index contributed by atoms with van der Waals surface area (Å²) in [4.78, 5) is 14.5. The van der Waals surface area contributed by atoms with E-state index in [4.69, 9.17) is 11.6 Å². The van der Waals surface area contributed by atoms with E-state index in [9.17, 15) is 4.79 Å². The molecule has 0 saturated heterocycles. The highest BCUT2D eigenvalue weighted by molar-refractivity contribution is 7.14. The molecule has 20 heavy (non-hydrogen) atoms. The van der Waals surface area contributed by atoms with Crippen LogP contribution >= 0.6 is 22.9 Å². The van der Waals surface area contributed by atoms with E-state index in [0.717, 1.165) is 23.6 Å². The number of thiophene rings is 1. The number of halogens is 1. The number of fused-ring (bicyclic) bond motifs is 1. The van der Waals surface area contributed by atoms with Crippen molar-refractivity contribution in [3.05, 3.63) is 50.7 Å². The van der Waals surface area contributed by atoms with Crippen molar-refractivity contribution in [3.8, 4) is 0 Å². The van der Waals surface area contributed by atoms with Gasteiger partial charge in [-0.2, -0.15) is 0 Å². The van der Waals surface area contributed by atoms with Gasteiger partial charge in [-0.3, -0.25) is 4.79 Å². The van der Waals surface area contributed by atoms with Crippen molar-refractivity contribution in [2.45, 2.75) is 26.2 Å². The number of benzene rings is 1. The molecule has 0 radical (unpaired) electrons. The van der Waals surface area contributed by atoms with Crippen LogP contribution in [0.25, 0.3) is 0 Å². The van der Waals surface area contributed by atoms with Gasteiger partial charge in [0.15, 0.2) is 0 Å². The number of aryl methyl sites for hydroxylation is 1. The Labute approximate surface area is 127 Å². The number of nitrogens with one attached hydrogen (secondary N) is 1. The fourth-order valence-corrected chi connectivity index (χ4v) is 3.85. The molecule has 0 saturated carbocycles. The zero-order chi connectivity index (χ0) is 14.1. The van der Waals surface area contributed by atoms with Gasteiger partial charge >= 0.3 is 0 Å². The highest BCUT2D eigenvalue weighted by atomic mass is 35.5. The number of amides is 1. The van der Waals surface area contributed by atoms with E-state index in [2.05, 4.69) is 12.2 Å². The molecule has 1 heterocycles. The first-order valence-corrected chi connectivity index (χ1v) is 8.00. The van der Waals surface area contributed by atoms with Gasteiger partial charge in [0.1, 0.15) is 0 Å². The van der Waals surface area contributed by atoms with Gasteiger partial charge in [0.2, 0.25) is 0 Å². The molecule has 1 aromatic carbocycles. The smallest absolute Gasteiger partial charge is 0.265 e. The van der Waals surface area contributed by atoms with Crippen molar-refractivity contribution >= 4 is 34.5 Å². The molecule has 1 atom stereocenters. The van der Waals surface area contributed by atoms with Crippen LogP contribution in [-0.4, -0.2) is 5.91 Å². The van der Waals surface area contributed by atoms with Gasteiger partial charge in [0.05, 0.1) is 15.6 Å². The van der Waals surface area contributed by atoms with Gasteiger partial charge < -0.3 is 5.32 Å². The first-order chi connectivity index (χ1) is 9.63. The summed E-state index contributed by atoms with van der Waals surface area (Å²) < 4.78 is 0. The molecule has 104 valence electrons. The third kappa shape index (κ3) is 2.74. The molecule has 1 aliphatic rings. The standard InChI is InChI=1S/C16H16ClNOS/c1-10-6-7-14-11(8-10)9-15(20-14)16(19)18-13-5-3-2-4-12(13)17/h2-5,9-10H,6-8H2,1H3,(H,18,19)/t10-/m0/s1. The molecular weight excluding hydrogens is 290 g/mol. The number of para-hydroxylation sites is 1. The van der Waals surface area contributed by atoms with E-state index < -0.39 is 0 Å². The normalized spacial score (nSPS) is 17.6. The Balaban J connectivity index is 1.80. The van der Waals surface area contributed by atoms with E-state index in [0.29, 0.717) is 10.7 Å². The number of rotatable bonds is 2. The minimum Gasteiger partial charge on any atom is -0.320 e. The molecule has 0 unspecified atom stereocenters. The quantitative estimate of drug-likeness (QED) is 0.850. The summed E-state index contributed by atoms with van der Waals surface area (Å²) in [7, 11) is 0. The highest BCUT2D eigenvalue weighted by Crippen LogP contribution is 2.32. The third-order valence-electron chi connectivity index (χ3n) is 3.68. The fraction of sp³-hybridized carbons (Fsp3) is 0.312. The van der Waals surface area contributed by atoms with Crippen LogP contribution in [-0.2, 0) is 12.8 Å². The average Bonchev–Trinajstić information content (AvgIpc) is 2.84. The minimum absolute atomic E-state index is 0.0647. The monoisotopic (exact) mass is 305 g/mol. The zero-order valence-electron chi connectivity index (χ0n) is 11.3. The zero-order valence-corrected chi connectivity index (χ0v) is 12.9. The molecule has 1 aliphatic carbocycles. The van der Waals surface area contributed by atoms with Crippen LogP contribution in [0.5, 0.6) is 0 Å². The van der Waals surface area contributed by atoms with Gasteiger partial charge in [-0.05, 0) is 48.9 Å². The first-order valence-electron chi connectivity index (χ1n) is 6.81. The predicted octanol–water partition coefficient (Wildman–Crippen LogP) is 4.78. The van der Waals surface area contributed by atoms with E-state index in [-0.39, 0.29) is 5.91 Å². The van der Waals surface area contributed by atoms with E-state index in [1.165, 1.54) is 16.9 Å². The van der Waals surface area contributed by atoms with Crippen molar-refractivity contribution in [2.24, 2.45) is 5.92 Å². The van der Waals surface area contributed by atoms with Crippen molar-refractivity contribution in [1.29, 1.82) is 0 Å². The SMILES string of the molecule is C[C@H]1CCc2sc(C(=O)Nc3ccccc3Cl)cc2C1. The molecule has 1 amide bonds. The lowest BCUT2D eigenvalue weighted by molar-refractivity contribution is 0.103. The Hall–Kier alpha value is -1.32. The van der Waals surface area contributed by atoms with Crippen LogP contribution in [0.2, 0.25) is 5.02 Å². The van der Waals surface area contributed by atoms with Gasteiger partial charge in [0.25, 0.3) is 5.91 Å². The Morgan fingerprint density at radius 1 is 1.40 bits per heavy atom. The molecule has 0 bridgehead atoms. The van der Waals surface area contributed by atoms with Crippen molar-refractivity contribution in [3.63, 3.8) is 0 Å². The van der Waals surface area contributed by atoms with Gasteiger partial charge in [0, 0.05) is 4.88 Å². The number of carbonyl (C=O) groups excluding carboxylic acids is 1. The molecule has 4 heteroatoms. The number of hydrogen-bond donors (Lipinski definition) is 1. The maximum absolute atomic E-state index is 12.3. The Bertz CT molecular complexity index is 650. The molecular formula is C16H16ClNOS. The molecule has 0 aliphatic heterocycles.